The third-order valence-corrected chi connectivity index (χ3v) is 4.89. The standard InChI is InChI=1S/C20H24N4O/c1-5-13-14(6-2)18(22)10-8-16(13)20-24-23-19(25-20)15-7-9-17(21)12(4)11(15)3/h7-10H,5-6,21-22H2,1-4H3. The highest BCUT2D eigenvalue weighted by molar-refractivity contribution is 5.70. The zero-order valence-corrected chi connectivity index (χ0v) is 15.2. The third kappa shape index (κ3) is 2.86. The van der Waals surface area contributed by atoms with E-state index in [1.165, 1.54) is 5.56 Å². The second kappa shape index (κ2) is 6.59. The number of nitrogens with zero attached hydrogens (tertiary/aromatic N) is 2. The van der Waals surface area contributed by atoms with Gasteiger partial charge in [-0.15, -0.1) is 10.2 Å². The minimum atomic E-state index is 0.507. The summed E-state index contributed by atoms with van der Waals surface area (Å²) in [4.78, 5) is 0. The fourth-order valence-corrected chi connectivity index (χ4v) is 3.25. The molecule has 0 aliphatic carbocycles. The number of hydrogen-bond donors (Lipinski definition) is 2. The number of rotatable bonds is 4. The van der Waals surface area contributed by atoms with Crippen LogP contribution >= 0.6 is 0 Å². The quantitative estimate of drug-likeness (QED) is 0.693. The van der Waals surface area contributed by atoms with E-state index in [0.29, 0.717) is 11.8 Å². The molecule has 0 aliphatic rings. The fourth-order valence-electron chi connectivity index (χ4n) is 3.25. The first-order valence-electron chi connectivity index (χ1n) is 8.58. The molecule has 0 saturated heterocycles. The molecule has 0 saturated carbocycles. The predicted molar refractivity (Wildman–Crippen MR) is 102 cm³/mol. The van der Waals surface area contributed by atoms with Gasteiger partial charge in [0.2, 0.25) is 11.8 Å². The van der Waals surface area contributed by atoms with Gasteiger partial charge in [-0.05, 0) is 73.2 Å². The molecular weight excluding hydrogens is 312 g/mol. The molecule has 25 heavy (non-hydrogen) atoms. The maximum atomic E-state index is 6.12. The Balaban J connectivity index is 2.11. The van der Waals surface area contributed by atoms with Crippen LogP contribution in [0.25, 0.3) is 22.9 Å². The molecule has 1 aromatic heterocycles. The zero-order valence-electron chi connectivity index (χ0n) is 15.2. The molecule has 5 heteroatoms. The molecule has 3 aromatic rings. The lowest BCUT2D eigenvalue weighted by Gasteiger charge is -2.12. The summed E-state index contributed by atoms with van der Waals surface area (Å²) in [5.41, 5.74) is 19.9. The Morgan fingerprint density at radius 1 is 0.760 bits per heavy atom. The van der Waals surface area contributed by atoms with Crippen LogP contribution in [0.5, 0.6) is 0 Å². The molecule has 0 unspecified atom stereocenters. The summed E-state index contributed by atoms with van der Waals surface area (Å²) in [5, 5.41) is 8.54. The van der Waals surface area contributed by atoms with Gasteiger partial charge in [-0.2, -0.15) is 0 Å². The van der Waals surface area contributed by atoms with Crippen LogP contribution in [0, 0.1) is 13.8 Å². The Morgan fingerprint density at radius 3 is 1.96 bits per heavy atom. The Bertz CT molecular complexity index is 928. The summed E-state index contributed by atoms with van der Waals surface area (Å²) in [5.74, 6) is 1.03. The Kier molecular flexibility index (Phi) is 4.49. The summed E-state index contributed by atoms with van der Waals surface area (Å²) >= 11 is 0. The average molecular weight is 336 g/mol. The number of aromatic nitrogens is 2. The summed E-state index contributed by atoms with van der Waals surface area (Å²) < 4.78 is 6.01. The van der Waals surface area contributed by atoms with Crippen LogP contribution in [0.4, 0.5) is 11.4 Å². The summed E-state index contributed by atoms with van der Waals surface area (Å²) in [6.07, 6.45) is 1.74. The van der Waals surface area contributed by atoms with E-state index in [4.69, 9.17) is 15.9 Å². The number of hydrogen-bond acceptors (Lipinski definition) is 5. The maximum absolute atomic E-state index is 6.12. The lowest BCUT2D eigenvalue weighted by molar-refractivity contribution is 0.583. The van der Waals surface area contributed by atoms with Gasteiger partial charge in [0.25, 0.3) is 0 Å². The molecule has 0 spiro atoms. The van der Waals surface area contributed by atoms with E-state index in [1.807, 2.05) is 38.1 Å². The van der Waals surface area contributed by atoms with Crippen molar-refractivity contribution < 1.29 is 4.42 Å². The van der Waals surface area contributed by atoms with Crippen molar-refractivity contribution in [2.45, 2.75) is 40.5 Å². The van der Waals surface area contributed by atoms with E-state index >= 15 is 0 Å². The van der Waals surface area contributed by atoms with Crippen LogP contribution in [0.15, 0.2) is 28.7 Å². The second-order valence-corrected chi connectivity index (χ2v) is 6.23. The van der Waals surface area contributed by atoms with Crippen molar-refractivity contribution in [3.8, 4) is 22.9 Å². The number of anilines is 2. The zero-order chi connectivity index (χ0) is 18.1. The normalized spacial score (nSPS) is 11.0. The number of nitrogens with two attached hydrogens (primary N) is 2. The van der Waals surface area contributed by atoms with E-state index in [9.17, 15) is 0 Å². The van der Waals surface area contributed by atoms with Gasteiger partial charge in [-0.1, -0.05) is 13.8 Å². The van der Waals surface area contributed by atoms with Crippen LogP contribution in [-0.4, -0.2) is 10.2 Å². The van der Waals surface area contributed by atoms with Gasteiger partial charge in [0.15, 0.2) is 0 Å². The second-order valence-electron chi connectivity index (χ2n) is 6.23. The number of nitrogen functional groups attached to an aromatic ring is 2. The Labute approximate surface area is 148 Å². The minimum Gasteiger partial charge on any atom is -0.416 e. The molecule has 0 radical (unpaired) electrons. The van der Waals surface area contributed by atoms with Gasteiger partial charge in [0.05, 0.1) is 0 Å². The van der Waals surface area contributed by atoms with Gasteiger partial charge < -0.3 is 15.9 Å². The van der Waals surface area contributed by atoms with Gasteiger partial charge in [0, 0.05) is 22.5 Å². The molecule has 0 bridgehead atoms. The number of benzene rings is 2. The highest BCUT2D eigenvalue weighted by atomic mass is 16.4. The molecule has 130 valence electrons. The van der Waals surface area contributed by atoms with Crippen molar-refractivity contribution in [3.63, 3.8) is 0 Å². The monoisotopic (exact) mass is 336 g/mol. The molecule has 0 atom stereocenters. The topological polar surface area (TPSA) is 91.0 Å². The smallest absolute Gasteiger partial charge is 0.248 e. The first kappa shape index (κ1) is 17.0. The van der Waals surface area contributed by atoms with E-state index in [2.05, 4.69) is 24.0 Å². The SMILES string of the molecule is CCc1c(N)ccc(-c2nnc(-c3ccc(N)c(C)c3C)o2)c1CC. The lowest BCUT2D eigenvalue weighted by Crippen LogP contribution is -2.01. The van der Waals surface area contributed by atoms with Gasteiger partial charge >= 0.3 is 0 Å². The van der Waals surface area contributed by atoms with Crippen LogP contribution in [0.3, 0.4) is 0 Å². The van der Waals surface area contributed by atoms with Crippen LogP contribution in [0.2, 0.25) is 0 Å². The van der Waals surface area contributed by atoms with E-state index in [1.54, 1.807) is 0 Å². The molecule has 0 amide bonds. The highest BCUT2D eigenvalue weighted by Gasteiger charge is 2.18. The van der Waals surface area contributed by atoms with Gasteiger partial charge in [0.1, 0.15) is 0 Å². The highest BCUT2D eigenvalue weighted by Crippen LogP contribution is 2.33. The Morgan fingerprint density at radius 2 is 1.32 bits per heavy atom. The lowest BCUT2D eigenvalue weighted by atomic mass is 9.95. The fraction of sp³-hybridized carbons (Fsp3) is 0.300. The molecule has 3 rings (SSSR count). The van der Waals surface area contributed by atoms with Crippen molar-refractivity contribution >= 4 is 11.4 Å². The van der Waals surface area contributed by atoms with Crippen molar-refractivity contribution in [2.24, 2.45) is 0 Å². The van der Waals surface area contributed by atoms with Crippen LogP contribution in [-0.2, 0) is 12.8 Å². The predicted octanol–water partition coefficient (Wildman–Crippen LogP) is 4.31. The van der Waals surface area contributed by atoms with Crippen LogP contribution < -0.4 is 11.5 Å². The van der Waals surface area contributed by atoms with Crippen molar-refractivity contribution in [1.29, 1.82) is 0 Å². The average Bonchev–Trinajstić information content (AvgIpc) is 3.08. The Hall–Kier alpha value is -2.82. The largest absolute Gasteiger partial charge is 0.416 e. The molecule has 0 aliphatic heterocycles. The molecule has 4 N–H and O–H groups in total. The van der Waals surface area contributed by atoms with Crippen molar-refractivity contribution in [2.75, 3.05) is 11.5 Å². The molecule has 0 fully saturated rings. The van der Waals surface area contributed by atoms with E-state index in [-0.39, 0.29) is 0 Å². The summed E-state index contributed by atoms with van der Waals surface area (Å²) in [6, 6.07) is 7.68. The molecule has 5 nitrogen and oxygen atoms in total. The summed E-state index contributed by atoms with van der Waals surface area (Å²) in [7, 11) is 0. The first-order valence-corrected chi connectivity index (χ1v) is 8.58. The minimum absolute atomic E-state index is 0.507. The summed E-state index contributed by atoms with van der Waals surface area (Å²) in [6.45, 7) is 8.23. The van der Waals surface area contributed by atoms with Gasteiger partial charge in [-0.3, -0.25) is 0 Å². The van der Waals surface area contributed by atoms with Crippen molar-refractivity contribution in [1.82, 2.24) is 10.2 Å². The third-order valence-electron chi connectivity index (χ3n) is 4.89. The van der Waals surface area contributed by atoms with Crippen molar-refractivity contribution in [3.05, 3.63) is 46.5 Å². The first-order chi connectivity index (χ1) is 12.0. The molecular formula is C20H24N4O. The van der Waals surface area contributed by atoms with E-state index < -0.39 is 0 Å². The van der Waals surface area contributed by atoms with Crippen LogP contribution in [0.1, 0.15) is 36.1 Å². The van der Waals surface area contributed by atoms with E-state index in [0.717, 1.165) is 52.0 Å². The maximum Gasteiger partial charge on any atom is 0.248 e. The molecule has 2 aromatic carbocycles. The van der Waals surface area contributed by atoms with Gasteiger partial charge in [-0.25, -0.2) is 0 Å². The molecule has 1 heterocycles.